The zero-order chi connectivity index (χ0) is 20.9. The maximum Gasteiger partial charge on any atom is 0.333 e. The summed E-state index contributed by atoms with van der Waals surface area (Å²) < 4.78 is 5.63. The number of hydrogen-bond acceptors (Lipinski definition) is 2. The number of ether oxygens (including phenoxy) is 1. The van der Waals surface area contributed by atoms with Crippen molar-refractivity contribution < 1.29 is 9.53 Å². The molecule has 0 heterocycles. The third-order valence-electron chi connectivity index (χ3n) is 4.95. The molecule has 164 valence electrons. The van der Waals surface area contributed by atoms with Gasteiger partial charge >= 0.3 is 5.97 Å². The molecule has 0 unspecified atom stereocenters. The van der Waals surface area contributed by atoms with Crippen LogP contribution >= 0.6 is 31.9 Å². The molecule has 0 aliphatic carbocycles. The Morgan fingerprint density at radius 2 is 1.11 bits per heavy atom. The molecular formula is C23H42Br2O2Si. The summed E-state index contributed by atoms with van der Waals surface area (Å²) in [6.45, 7) is 5.82. The number of halogens is 2. The monoisotopic (exact) mass is 536 g/mol. The van der Waals surface area contributed by atoms with Crippen molar-refractivity contribution in [2.75, 3.05) is 6.61 Å². The fourth-order valence-electron chi connectivity index (χ4n) is 3.20. The van der Waals surface area contributed by atoms with E-state index in [0.717, 1.165) is 22.4 Å². The first-order valence-corrected chi connectivity index (χ1v) is 14.5. The highest BCUT2D eigenvalue weighted by atomic mass is 79.9. The first-order valence-electron chi connectivity index (χ1n) is 11.4. The van der Waals surface area contributed by atoms with E-state index in [2.05, 4.69) is 38.4 Å². The van der Waals surface area contributed by atoms with Gasteiger partial charge in [0.2, 0.25) is 0 Å². The van der Waals surface area contributed by atoms with Crippen molar-refractivity contribution in [2.45, 2.75) is 119 Å². The third-order valence-corrected chi connectivity index (χ3v) is 7.84. The molecule has 0 amide bonds. The lowest BCUT2D eigenvalue weighted by molar-refractivity contribution is -0.139. The van der Waals surface area contributed by atoms with Crippen molar-refractivity contribution in [1.29, 1.82) is 0 Å². The largest absolute Gasteiger partial charge is 0.462 e. The zero-order valence-electron chi connectivity index (χ0n) is 18.1. The van der Waals surface area contributed by atoms with Crippen LogP contribution in [0.2, 0.25) is 6.04 Å². The highest BCUT2D eigenvalue weighted by molar-refractivity contribution is 9.25. The van der Waals surface area contributed by atoms with Crippen LogP contribution in [0.15, 0.2) is 12.2 Å². The average Bonchev–Trinajstić information content (AvgIpc) is 2.65. The number of unbranched alkanes of at least 4 members (excludes halogenated alkanes) is 15. The van der Waals surface area contributed by atoms with E-state index in [1.54, 1.807) is 6.92 Å². The summed E-state index contributed by atoms with van der Waals surface area (Å²) in [5, 5.41) is 0. The Balaban J connectivity index is 3.07. The molecule has 0 saturated heterocycles. The van der Waals surface area contributed by atoms with Gasteiger partial charge in [0.05, 0.1) is 19.5 Å². The van der Waals surface area contributed by atoms with Gasteiger partial charge in [0.25, 0.3) is 0 Å². The van der Waals surface area contributed by atoms with Crippen molar-refractivity contribution in [3.05, 3.63) is 12.2 Å². The Bertz CT molecular complexity index is 376. The van der Waals surface area contributed by atoms with Crippen molar-refractivity contribution >= 4 is 47.3 Å². The molecule has 0 bridgehead atoms. The van der Waals surface area contributed by atoms with E-state index in [9.17, 15) is 4.79 Å². The van der Waals surface area contributed by atoms with Crippen molar-refractivity contribution in [2.24, 2.45) is 0 Å². The van der Waals surface area contributed by atoms with Crippen molar-refractivity contribution in [3.63, 3.8) is 0 Å². The summed E-state index contributed by atoms with van der Waals surface area (Å²) in [4.78, 5) is 11.2. The van der Waals surface area contributed by atoms with E-state index in [1.165, 1.54) is 95.9 Å². The Labute approximate surface area is 194 Å². The van der Waals surface area contributed by atoms with Crippen LogP contribution in [0.25, 0.3) is 0 Å². The highest BCUT2D eigenvalue weighted by Gasteiger charge is 2.02. The van der Waals surface area contributed by atoms with Crippen molar-refractivity contribution in [1.82, 2.24) is 0 Å². The van der Waals surface area contributed by atoms with Gasteiger partial charge in [-0.1, -0.05) is 141 Å². The molecule has 0 aliphatic rings. The normalized spacial score (nSPS) is 11.1. The lowest BCUT2D eigenvalue weighted by atomic mass is 10.0. The van der Waals surface area contributed by atoms with E-state index in [0.29, 0.717) is 15.5 Å². The van der Waals surface area contributed by atoms with Gasteiger partial charge in [-0.2, -0.15) is 0 Å². The van der Waals surface area contributed by atoms with E-state index < -0.39 is 0 Å². The fourth-order valence-corrected chi connectivity index (χ4v) is 5.25. The van der Waals surface area contributed by atoms with Gasteiger partial charge in [-0.15, -0.1) is 0 Å². The molecule has 28 heavy (non-hydrogen) atoms. The van der Waals surface area contributed by atoms with Crippen LogP contribution in [0.5, 0.6) is 0 Å². The van der Waals surface area contributed by atoms with Crippen LogP contribution in [-0.4, -0.2) is 25.5 Å². The second kappa shape index (κ2) is 22.1. The molecule has 0 aliphatic heterocycles. The predicted octanol–water partition coefficient (Wildman–Crippen LogP) is 8.54. The number of alkyl halides is 2. The van der Waals surface area contributed by atoms with Crippen LogP contribution in [0, 0.1) is 0 Å². The Hall–Kier alpha value is 0.387. The standard InChI is InChI=1S/C23H42Br2O2Si/c1-21(2)22(26)27-19-17-15-13-11-9-7-5-3-4-6-8-10-12-14-16-18-20-28-23(24)25/h23H,1,3-20H2,2H3. The number of carbonyl (C=O) groups excluding carboxylic acids is 1. The number of rotatable bonds is 21. The summed E-state index contributed by atoms with van der Waals surface area (Å²) >= 11 is 7.10. The molecule has 0 fully saturated rings. The molecular weight excluding hydrogens is 496 g/mol. The van der Waals surface area contributed by atoms with E-state index in [4.69, 9.17) is 4.74 Å². The molecule has 0 rings (SSSR count). The van der Waals surface area contributed by atoms with Gasteiger partial charge < -0.3 is 4.74 Å². The average molecular weight is 538 g/mol. The van der Waals surface area contributed by atoms with Crippen LogP contribution in [0.4, 0.5) is 0 Å². The topological polar surface area (TPSA) is 26.3 Å². The lowest BCUT2D eigenvalue weighted by Crippen LogP contribution is -2.05. The number of carbonyl (C=O) groups is 1. The predicted molar refractivity (Wildman–Crippen MR) is 132 cm³/mol. The third kappa shape index (κ3) is 22.7. The second-order valence-electron chi connectivity index (χ2n) is 7.83. The van der Waals surface area contributed by atoms with Gasteiger partial charge in [0.1, 0.15) is 0 Å². The molecule has 2 radical (unpaired) electrons. The molecule has 0 N–H and O–H groups in total. The summed E-state index contributed by atoms with van der Waals surface area (Å²) in [5.41, 5.74) is 0.491. The Morgan fingerprint density at radius 3 is 1.46 bits per heavy atom. The van der Waals surface area contributed by atoms with E-state index in [1.807, 2.05) is 0 Å². The number of esters is 1. The van der Waals surface area contributed by atoms with Gasteiger partial charge in [0, 0.05) is 5.57 Å². The maximum absolute atomic E-state index is 11.2. The minimum atomic E-state index is -0.255. The summed E-state index contributed by atoms with van der Waals surface area (Å²) in [5.74, 6) is -0.255. The van der Waals surface area contributed by atoms with Crippen LogP contribution in [-0.2, 0) is 9.53 Å². The summed E-state index contributed by atoms with van der Waals surface area (Å²) in [6, 6.07) is 1.37. The van der Waals surface area contributed by atoms with Crippen LogP contribution in [0.3, 0.4) is 0 Å². The van der Waals surface area contributed by atoms with Gasteiger partial charge in [-0.3, -0.25) is 0 Å². The van der Waals surface area contributed by atoms with Crippen molar-refractivity contribution in [3.8, 4) is 0 Å². The molecule has 0 saturated carbocycles. The maximum atomic E-state index is 11.2. The molecule has 2 nitrogen and oxygen atoms in total. The molecule has 0 aromatic carbocycles. The number of hydrogen-bond donors (Lipinski definition) is 0. The summed E-state index contributed by atoms with van der Waals surface area (Å²) in [6.07, 6.45) is 21.7. The fraction of sp³-hybridized carbons (Fsp3) is 0.870. The minimum absolute atomic E-state index is 0.255. The van der Waals surface area contributed by atoms with E-state index in [-0.39, 0.29) is 5.97 Å². The summed E-state index contributed by atoms with van der Waals surface area (Å²) in [7, 11) is 1.01. The molecule has 5 heteroatoms. The van der Waals surface area contributed by atoms with E-state index >= 15 is 0 Å². The first-order chi connectivity index (χ1) is 13.5. The van der Waals surface area contributed by atoms with Gasteiger partial charge in [-0.25, -0.2) is 4.79 Å². The molecule has 0 aromatic rings. The molecule has 0 aromatic heterocycles. The zero-order valence-corrected chi connectivity index (χ0v) is 22.3. The van der Waals surface area contributed by atoms with Gasteiger partial charge in [-0.05, 0) is 13.3 Å². The molecule has 0 spiro atoms. The van der Waals surface area contributed by atoms with Crippen LogP contribution < -0.4 is 0 Å². The SMILES string of the molecule is C=C(C)C(=O)OCCCCCCCCCCCCCCCCCC[Si]C(Br)Br. The Kier molecular flexibility index (Phi) is 22.4. The molecule has 0 atom stereocenters. The lowest BCUT2D eigenvalue weighted by Gasteiger charge is -2.05. The second-order valence-corrected chi connectivity index (χ2v) is 14.1. The minimum Gasteiger partial charge on any atom is -0.462 e. The van der Waals surface area contributed by atoms with Gasteiger partial charge in [0.15, 0.2) is 0 Å². The van der Waals surface area contributed by atoms with Crippen LogP contribution in [0.1, 0.15) is 110 Å². The first kappa shape index (κ1) is 28.4. The smallest absolute Gasteiger partial charge is 0.333 e. The highest BCUT2D eigenvalue weighted by Crippen LogP contribution is 2.15. The Morgan fingerprint density at radius 1 is 0.750 bits per heavy atom. The quantitative estimate of drug-likeness (QED) is 0.0481.